The summed E-state index contributed by atoms with van der Waals surface area (Å²) in [4.78, 5) is 15.1. The third-order valence-corrected chi connectivity index (χ3v) is 6.27. The molecule has 5 nitrogen and oxygen atoms in total. The van der Waals surface area contributed by atoms with Crippen LogP contribution in [0.2, 0.25) is 0 Å². The molecule has 0 bridgehead atoms. The zero-order valence-electron chi connectivity index (χ0n) is 16.5. The Morgan fingerprint density at radius 1 is 0.846 bits per heavy atom. The average molecular weight is 358 g/mol. The van der Waals surface area contributed by atoms with Crippen LogP contribution in [0.25, 0.3) is 0 Å². The van der Waals surface area contributed by atoms with Crippen LogP contribution in [0.5, 0.6) is 0 Å². The van der Waals surface area contributed by atoms with Crippen LogP contribution in [0.4, 0.5) is 11.8 Å². The minimum Gasteiger partial charge on any atom is -0.356 e. The third kappa shape index (κ3) is 4.30. The van der Waals surface area contributed by atoms with E-state index < -0.39 is 0 Å². The van der Waals surface area contributed by atoms with Crippen molar-refractivity contribution < 1.29 is 0 Å². The molecule has 1 atom stereocenters. The van der Waals surface area contributed by atoms with E-state index in [1.807, 2.05) is 0 Å². The number of fused-ring (bicyclic) bond motifs is 1. The molecule has 2 aliphatic heterocycles. The van der Waals surface area contributed by atoms with Crippen molar-refractivity contribution in [3.8, 4) is 0 Å². The predicted molar refractivity (Wildman–Crippen MR) is 108 cm³/mol. The highest BCUT2D eigenvalue weighted by Gasteiger charge is 2.23. The van der Waals surface area contributed by atoms with Gasteiger partial charge in [0.05, 0.1) is 5.69 Å². The Hall–Kier alpha value is -1.36. The molecule has 0 aromatic carbocycles. The lowest BCUT2D eigenvalue weighted by Crippen LogP contribution is -2.40. The van der Waals surface area contributed by atoms with Crippen molar-refractivity contribution >= 4 is 11.8 Å². The van der Waals surface area contributed by atoms with Gasteiger partial charge in [-0.1, -0.05) is 19.3 Å². The van der Waals surface area contributed by atoms with Crippen molar-refractivity contribution in [3.05, 3.63) is 11.3 Å². The maximum Gasteiger partial charge on any atom is 0.225 e. The van der Waals surface area contributed by atoms with Crippen molar-refractivity contribution in [2.24, 2.45) is 0 Å². The summed E-state index contributed by atoms with van der Waals surface area (Å²) in [5.74, 6) is 2.13. The first-order valence-corrected chi connectivity index (χ1v) is 10.9. The minimum absolute atomic E-state index is 0.481. The van der Waals surface area contributed by atoms with Gasteiger partial charge in [0, 0.05) is 31.2 Å². The van der Waals surface area contributed by atoms with E-state index in [4.69, 9.17) is 9.97 Å². The number of hydrogen-bond acceptors (Lipinski definition) is 5. The lowest BCUT2D eigenvalue weighted by atomic mass is 10.1. The highest BCUT2D eigenvalue weighted by molar-refractivity contribution is 5.53. The summed E-state index contributed by atoms with van der Waals surface area (Å²) < 4.78 is 0. The number of aryl methyl sites for hydroxylation is 1. The first kappa shape index (κ1) is 18.0. The minimum atomic E-state index is 0.481. The monoisotopic (exact) mass is 357 g/mol. The fourth-order valence-electron chi connectivity index (χ4n) is 4.83. The Balaban J connectivity index is 1.61. The summed E-state index contributed by atoms with van der Waals surface area (Å²) in [5.41, 5.74) is 2.78. The number of likely N-dealkylation sites (tertiary alicyclic amines) is 1. The quantitative estimate of drug-likeness (QED) is 0.837. The van der Waals surface area contributed by atoms with Crippen molar-refractivity contribution in [1.29, 1.82) is 0 Å². The summed E-state index contributed by atoms with van der Waals surface area (Å²) in [7, 11) is 2.22. The second kappa shape index (κ2) is 8.55. The highest BCUT2D eigenvalue weighted by Crippen LogP contribution is 2.30. The van der Waals surface area contributed by atoms with Crippen LogP contribution in [-0.2, 0) is 12.8 Å². The first-order valence-electron chi connectivity index (χ1n) is 10.9. The molecule has 5 heteroatoms. The Kier molecular flexibility index (Phi) is 5.93. The topological polar surface area (TPSA) is 44.3 Å². The van der Waals surface area contributed by atoms with Gasteiger partial charge in [-0.25, -0.2) is 4.98 Å². The zero-order valence-corrected chi connectivity index (χ0v) is 16.5. The number of nitrogens with one attached hydrogen (secondary N) is 1. The molecule has 0 radical (unpaired) electrons. The summed E-state index contributed by atoms with van der Waals surface area (Å²) in [6.07, 6.45) is 14.0. The second-order valence-electron chi connectivity index (χ2n) is 8.50. The van der Waals surface area contributed by atoms with Crippen molar-refractivity contribution in [2.45, 2.75) is 76.7 Å². The molecule has 1 aromatic rings. The molecule has 3 aliphatic rings. The first-order chi connectivity index (χ1) is 12.8. The number of piperidine rings is 1. The molecule has 2 fully saturated rings. The van der Waals surface area contributed by atoms with Crippen LogP contribution in [0.15, 0.2) is 0 Å². The molecule has 144 valence electrons. The van der Waals surface area contributed by atoms with Crippen LogP contribution >= 0.6 is 0 Å². The van der Waals surface area contributed by atoms with E-state index in [0.717, 1.165) is 38.4 Å². The van der Waals surface area contributed by atoms with E-state index in [1.54, 1.807) is 0 Å². The van der Waals surface area contributed by atoms with Gasteiger partial charge >= 0.3 is 0 Å². The molecule has 0 saturated carbocycles. The van der Waals surface area contributed by atoms with E-state index in [9.17, 15) is 0 Å². The fourth-order valence-corrected chi connectivity index (χ4v) is 4.83. The van der Waals surface area contributed by atoms with Crippen molar-refractivity contribution in [2.75, 3.05) is 43.4 Å². The third-order valence-electron chi connectivity index (χ3n) is 6.27. The number of hydrogen-bond donors (Lipinski definition) is 1. The van der Waals surface area contributed by atoms with Crippen molar-refractivity contribution in [1.82, 2.24) is 14.9 Å². The lowest BCUT2D eigenvalue weighted by Gasteiger charge is -2.31. The number of likely N-dealkylation sites (N-methyl/N-ethyl adjacent to an activating group) is 1. The summed E-state index contributed by atoms with van der Waals surface area (Å²) in [6.45, 7) is 4.63. The molecule has 1 N–H and O–H groups in total. The largest absolute Gasteiger partial charge is 0.356 e. The van der Waals surface area contributed by atoms with Gasteiger partial charge in [-0.05, 0) is 65.0 Å². The second-order valence-corrected chi connectivity index (χ2v) is 8.50. The van der Waals surface area contributed by atoms with E-state index in [2.05, 4.69) is 22.2 Å². The fraction of sp³-hybridized carbons (Fsp3) is 0.810. The van der Waals surface area contributed by atoms with Gasteiger partial charge in [-0.15, -0.1) is 0 Å². The van der Waals surface area contributed by atoms with Gasteiger partial charge in [0.1, 0.15) is 5.82 Å². The number of anilines is 2. The van der Waals surface area contributed by atoms with Gasteiger partial charge in [-0.3, -0.25) is 0 Å². The molecule has 3 heterocycles. The molecular formula is C21H35N5. The standard InChI is InChI=1S/C21H35N5/c1-25-13-9-10-17(16-25)22-21-23-19-12-6-4-5-11-18(19)20(24-21)26-14-7-2-3-8-15-26/h17H,2-16H2,1H3,(H,22,23,24). The molecule has 1 aliphatic carbocycles. The average Bonchev–Trinajstić information content (AvgIpc) is 3.04. The van der Waals surface area contributed by atoms with Crippen LogP contribution in [0.1, 0.15) is 69.0 Å². The Morgan fingerprint density at radius 3 is 2.42 bits per heavy atom. The molecule has 1 aromatic heterocycles. The van der Waals surface area contributed by atoms with E-state index in [0.29, 0.717) is 6.04 Å². The summed E-state index contributed by atoms with van der Waals surface area (Å²) >= 11 is 0. The van der Waals surface area contributed by atoms with Crippen LogP contribution in [-0.4, -0.2) is 54.1 Å². The smallest absolute Gasteiger partial charge is 0.225 e. The summed E-state index contributed by atoms with van der Waals surface area (Å²) in [5, 5.41) is 3.69. The van der Waals surface area contributed by atoms with Gasteiger partial charge in [0.2, 0.25) is 5.95 Å². The van der Waals surface area contributed by atoms with E-state index in [1.165, 1.54) is 81.4 Å². The maximum atomic E-state index is 5.10. The Bertz CT molecular complexity index is 594. The number of rotatable bonds is 3. The predicted octanol–water partition coefficient (Wildman–Crippen LogP) is 3.63. The molecule has 26 heavy (non-hydrogen) atoms. The molecule has 0 amide bonds. The molecule has 0 spiro atoms. The van der Waals surface area contributed by atoms with Gasteiger partial charge < -0.3 is 15.1 Å². The van der Waals surface area contributed by atoms with E-state index >= 15 is 0 Å². The Morgan fingerprint density at radius 2 is 1.62 bits per heavy atom. The molecule has 4 rings (SSSR count). The van der Waals surface area contributed by atoms with Gasteiger partial charge in [0.25, 0.3) is 0 Å². The SMILES string of the molecule is CN1CCCC(Nc2nc3c(c(N4CCCCCC4)n2)CCCCC3)C1. The van der Waals surface area contributed by atoms with Crippen LogP contribution < -0.4 is 10.2 Å². The van der Waals surface area contributed by atoms with Gasteiger partial charge in [-0.2, -0.15) is 4.98 Å². The van der Waals surface area contributed by atoms with Crippen molar-refractivity contribution in [3.63, 3.8) is 0 Å². The number of aromatic nitrogens is 2. The molecule has 2 saturated heterocycles. The maximum absolute atomic E-state index is 5.10. The summed E-state index contributed by atoms with van der Waals surface area (Å²) in [6, 6.07) is 0.481. The van der Waals surface area contributed by atoms with E-state index in [-0.39, 0.29) is 0 Å². The highest BCUT2D eigenvalue weighted by atomic mass is 15.2. The van der Waals surface area contributed by atoms with Crippen LogP contribution in [0, 0.1) is 0 Å². The Labute approximate surface area is 158 Å². The number of nitrogens with zero attached hydrogens (tertiary/aromatic N) is 4. The van der Waals surface area contributed by atoms with Gasteiger partial charge in [0.15, 0.2) is 0 Å². The lowest BCUT2D eigenvalue weighted by molar-refractivity contribution is 0.260. The normalized spacial score (nSPS) is 25.3. The molecule has 1 unspecified atom stereocenters. The van der Waals surface area contributed by atoms with Crippen LogP contribution in [0.3, 0.4) is 0 Å². The molecular weight excluding hydrogens is 322 g/mol. The zero-order chi connectivity index (χ0) is 17.8.